The second kappa shape index (κ2) is 2.82. The molecule has 57 valence electrons. The van der Waals surface area contributed by atoms with Crippen molar-refractivity contribution in [2.24, 2.45) is 0 Å². The molecule has 1 heteroatoms. The zero-order chi connectivity index (χ0) is 8.59. The number of rotatable bonds is 0. The maximum Gasteiger partial charge on any atom is 0.0719 e. The third-order valence-corrected chi connectivity index (χ3v) is 3.13. The minimum Gasteiger partial charge on any atom is -0.0614 e. The Hall–Kier alpha value is -0.563. The van der Waals surface area contributed by atoms with E-state index in [4.69, 9.17) is 0 Å². The molecule has 0 aliphatic rings. The van der Waals surface area contributed by atoms with Crippen LogP contribution in [0.25, 0.3) is 0 Å². The molecule has 1 aromatic rings. The summed E-state index contributed by atoms with van der Waals surface area (Å²) in [4.78, 5) is 0. The molecule has 0 amide bonds. The van der Waals surface area contributed by atoms with Crippen LogP contribution in [0.3, 0.4) is 0 Å². The first kappa shape index (κ1) is 8.53. The highest BCUT2D eigenvalue weighted by atomic mass is 28.1. The van der Waals surface area contributed by atoms with Crippen molar-refractivity contribution in [2.75, 3.05) is 0 Å². The molecule has 0 fully saturated rings. The van der Waals surface area contributed by atoms with Gasteiger partial charge in [0.15, 0.2) is 0 Å². The highest BCUT2D eigenvalue weighted by molar-refractivity contribution is 6.34. The maximum atomic E-state index is 3.61. The summed E-state index contributed by atoms with van der Waals surface area (Å²) in [5.41, 5.74) is 5.45. The van der Waals surface area contributed by atoms with Crippen LogP contribution in [0.4, 0.5) is 0 Å². The summed E-state index contributed by atoms with van der Waals surface area (Å²) >= 11 is 0. The van der Waals surface area contributed by atoms with E-state index in [-0.39, 0.29) is 0 Å². The molecule has 0 bridgehead atoms. The number of hydrogen-bond acceptors (Lipinski definition) is 0. The summed E-state index contributed by atoms with van der Waals surface area (Å²) in [5, 5.41) is 1.24. The van der Waals surface area contributed by atoms with Gasteiger partial charge in [-0.1, -0.05) is 16.8 Å². The van der Waals surface area contributed by atoms with E-state index in [1.165, 1.54) is 27.4 Å². The molecule has 0 spiro atoms. The fourth-order valence-corrected chi connectivity index (χ4v) is 1.54. The largest absolute Gasteiger partial charge is 0.0719 e. The van der Waals surface area contributed by atoms with Crippen molar-refractivity contribution in [3.05, 3.63) is 28.3 Å². The van der Waals surface area contributed by atoms with Gasteiger partial charge in [-0.3, -0.25) is 0 Å². The van der Waals surface area contributed by atoms with Gasteiger partial charge in [-0.25, -0.2) is 0 Å². The van der Waals surface area contributed by atoms with Crippen LogP contribution in [0.5, 0.6) is 0 Å². The van der Waals surface area contributed by atoms with Gasteiger partial charge in [-0.05, 0) is 44.4 Å². The van der Waals surface area contributed by atoms with Crippen LogP contribution in [0.2, 0.25) is 0 Å². The van der Waals surface area contributed by atoms with E-state index in [2.05, 4.69) is 44.0 Å². The highest BCUT2D eigenvalue weighted by Crippen LogP contribution is 2.11. The molecule has 0 aromatic heterocycles. The number of benzene rings is 1. The second-order valence-electron chi connectivity index (χ2n) is 3.14. The second-order valence-corrected chi connectivity index (χ2v) is 3.64. The van der Waals surface area contributed by atoms with Crippen LogP contribution in [-0.4, -0.2) is 10.2 Å². The Morgan fingerprint density at radius 2 is 1.45 bits per heavy atom. The average molecular weight is 161 g/mol. The van der Waals surface area contributed by atoms with Gasteiger partial charge in [0, 0.05) is 0 Å². The standard InChI is InChI=1S/C10H13Si/c1-6-5-7(2)10(11)9(4)8(6)3/h5H,1-4H3. The van der Waals surface area contributed by atoms with Gasteiger partial charge in [0.2, 0.25) is 0 Å². The molecule has 0 N–H and O–H groups in total. The van der Waals surface area contributed by atoms with Gasteiger partial charge in [0.25, 0.3) is 0 Å². The third kappa shape index (κ3) is 1.38. The van der Waals surface area contributed by atoms with Gasteiger partial charge in [0.1, 0.15) is 0 Å². The molecule has 0 heterocycles. The molecular formula is C10H13Si. The first-order valence-electron chi connectivity index (χ1n) is 3.83. The molecule has 0 unspecified atom stereocenters. The molecule has 1 aromatic carbocycles. The van der Waals surface area contributed by atoms with E-state index in [1.54, 1.807) is 0 Å². The lowest BCUT2D eigenvalue weighted by Gasteiger charge is -2.10. The Kier molecular flexibility index (Phi) is 2.19. The molecule has 1 rings (SSSR count). The van der Waals surface area contributed by atoms with Crippen LogP contribution in [0.15, 0.2) is 6.07 Å². The molecule has 0 atom stereocenters. The third-order valence-electron chi connectivity index (χ3n) is 2.36. The normalized spacial score (nSPS) is 10.3. The quantitative estimate of drug-likeness (QED) is 0.508. The first-order valence-corrected chi connectivity index (χ1v) is 4.33. The van der Waals surface area contributed by atoms with E-state index in [0.717, 1.165) is 0 Å². The molecule has 0 aliphatic heterocycles. The van der Waals surface area contributed by atoms with Crippen LogP contribution in [-0.2, 0) is 0 Å². The summed E-state index contributed by atoms with van der Waals surface area (Å²) in [7, 11) is 3.61. The lowest BCUT2D eigenvalue weighted by atomic mass is 10.0. The Morgan fingerprint density at radius 1 is 0.909 bits per heavy atom. The number of hydrogen-bond donors (Lipinski definition) is 0. The summed E-state index contributed by atoms with van der Waals surface area (Å²) in [5.74, 6) is 0. The lowest BCUT2D eigenvalue weighted by Crippen LogP contribution is -2.13. The highest BCUT2D eigenvalue weighted by Gasteiger charge is 2.02. The Morgan fingerprint density at radius 3 is 2.00 bits per heavy atom. The summed E-state index contributed by atoms with van der Waals surface area (Å²) in [6.07, 6.45) is 0. The summed E-state index contributed by atoms with van der Waals surface area (Å²) in [6, 6.07) is 2.21. The molecule has 3 radical (unpaired) electrons. The topological polar surface area (TPSA) is 0 Å². The van der Waals surface area contributed by atoms with Gasteiger partial charge >= 0.3 is 0 Å². The lowest BCUT2D eigenvalue weighted by molar-refractivity contribution is 1.26. The van der Waals surface area contributed by atoms with Crippen molar-refractivity contribution in [1.82, 2.24) is 0 Å². The zero-order valence-electron chi connectivity index (χ0n) is 7.58. The van der Waals surface area contributed by atoms with Gasteiger partial charge in [-0.15, -0.1) is 0 Å². The van der Waals surface area contributed by atoms with E-state index >= 15 is 0 Å². The predicted molar refractivity (Wildman–Crippen MR) is 50.8 cm³/mol. The summed E-state index contributed by atoms with van der Waals surface area (Å²) < 4.78 is 0. The van der Waals surface area contributed by atoms with E-state index in [1.807, 2.05) is 0 Å². The molecule has 0 saturated carbocycles. The maximum absolute atomic E-state index is 3.61. The molecule has 0 nitrogen and oxygen atoms in total. The van der Waals surface area contributed by atoms with Crippen molar-refractivity contribution in [3.63, 3.8) is 0 Å². The number of aryl methyl sites for hydroxylation is 2. The van der Waals surface area contributed by atoms with Gasteiger partial charge in [-0.2, -0.15) is 0 Å². The van der Waals surface area contributed by atoms with Crippen molar-refractivity contribution < 1.29 is 0 Å². The fourth-order valence-electron chi connectivity index (χ4n) is 1.28. The molecule has 11 heavy (non-hydrogen) atoms. The first-order chi connectivity index (χ1) is 5.04. The Labute approximate surface area is 72.1 Å². The van der Waals surface area contributed by atoms with Crippen LogP contribution in [0, 0.1) is 27.7 Å². The zero-order valence-corrected chi connectivity index (χ0v) is 8.58. The predicted octanol–water partition coefficient (Wildman–Crippen LogP) is 1.71. The van der Waals surface area contributed by atoms with Crippen LogP contribution in [0.1, 0.15) is 22.3 Å². The molecular weight excluding hydrogens is 148 g/mol. The van der Waals surface area contributed by atoms with Crippen LogP contribution >= 0.6 is 0 Å². The smallest absolute Gasteiger partial charge is 0.0614 e. The molecule has 0 saturated heterocycles. The molecule has 0 aliphatic carbocycles. The van der Waals surface area contributed by atoms with Crippen molar-refractivity contribution >= 4 is 15.4 Å². The van der Waals surface area contributed by atoms with Crippen LogP contribution < -0.4 is 5.19 Å². The van der Waals surface area contributed by atoms with Crippen molar-refractivity contribution in [3.8, 4) is 0 Å². The monoisotopic (exact) mass is 161 g/mol. The van der Waals surface area contributed by atoms with Crippen molar-refractivity contribution in [2.45, 2.75) is 27.7 Å². The Balaban J connectivity index is 3.46. The van der Waals surface area contributed by atoms with E-state index < -0.39 is 0 Å². The van der Waals surface area contributed by atoms with E-state index in [0.29, 0.717) is 0 Å². The minimum atomic E-state index is 1.24. The summed E-state index contributed by atoms with van der Waals surface area (Å²) in [6.45, 7) is 8.59. The Bertz CT molecular complexity index is 261. The van der Waals surface area contributed by atoms with Crippen molar-refractivity contribution in [1.29, 1.82) is 0 Å². The minimum absolute atomic E-state index is 1.24. The van der Waals surface area contributed by atoms with E-state index in [9.17, 15) is 0 Å². The van der Waals surface area contributed by atoms with Gasteiger partial charge < -0.3 is 0 Å². The SMILES string of the molecule is Cc1cc(C)c([Si])c(C)c1C. The van der Waals surface area contributed by atoms with Gasteiger partial charge in [0.05, 0.1) is 10.2 Å². The fraction of sp³-hybridized carbons (Fsp3) is 0.400. The average Bonchev–Trinajstić information content (AvgIpc) is 1.97.